The maximum absolute atomic E-state index is 14.1. The molecule has 3 saturated heterocycles. The van der Waals surface area contributed by atoms with Gasteiger partial charge < -0.3 is 19.9 Å². The van der Waals surface area contributed by atoms with Crippen LogP contribution in [0.5, 0.6) is 0 Å². The second-order valence-corrected chi connectivity index (χ2v) is 9.60. The van der Waals surface area contributed by atoms with E-state index < -0.39 is 23.1 Å². The van der Waals surface area contributed by atoms with E-state index in [0.717, 1.165) is 18.9 Å². The van der Waals surface area contributed by atoms with Gasteiger partial charge in [0, 0.05) is 31.6 Å². The quantitative estimate of drug-likeness (QED) is 0.718. The molecule has 1 N–H and O–H groups in total. The minimum atomic E-state index is -4.55. The van der Waals surface area contributed by atoms with Gasteiger partial charge in [0.25, 0.3) is 0 Å². The first kappa shape index (κ1) is 20.5. The molecule has 0 unspecified atom stereocenters. The molecule has 1 saturated carbocycles. The molecule has 168 valence electrons. The molecule has 0 bridgehead atoms. The number of hydrogen-bond acceptors (Lipinski definition) is 3. The van der Waals surface area contributed by atoms with E-state index in [2.05, 4.69) is 5.32 Å². The number of amides is 3. The Morgan fingerprint density at radius 1 is 1.16 bits per heavy atom. The van der Waals surface area contributed by atoms with Crippen molar-refractivity contribution < 1.29 is 31.9 Å². The van der Waals surface area contributed by atoms with Crippen molar-refractivity contribution in [2.75, 3.05) is 39.4 Å². The largest absolute Gasteiger partial charge is 0.416 e. The lowest BCUT2D eigenvalue weighted by Crippen LogP contribution is -2.78. The van der Waals surface area contributed by atoms with E-state index in [1.807, 2.05) is 0 Å². The summed E-state index contributed by atoms with van der Waals surface area (Å²) < 4.78 is 57.4. The van der Waals surface area contributed by atoms with Crippen molar-refractivity contribution in [1.29, 1.82) is 0 Å². The lowest BCUT2D eigenvalue weighted by Gasteiger charge is -2.61. The van der Waals surface area contributed by atoms with Gasteiger partial charge in [-0.1, -0.05) is 6.07 Å². The number of hydrogen-bond donors (Lipinski definition) is 1. The van der Waals surface area contributed by atoms with Crippen LogP contribution >= 0.6 is 0 Å². The monoisotopic (exact) mass is 441 g/mol. The Balaban J connectivity index is 1.08. The zero-order chi connectivity index (χ0) is 22.0. The van der Waals surface area contributed by atoms with Gasteiger partial charge in [-0.3, -0.25) is 4.79 Å². The van der Waals surface area contributed by atoms with Crippen LogP contribution in [0.1, 0.15) is 24.0 Å². The summed E-state index contributed by atoms with van der Waals surface area (Å²) in [5.41, 5.74) is -1.07. The number of benzene rings is 1. The van der Waals surface area contributed by atoms with Crippen molar-refractivity contribution >= 4 is 11.9 Å². The first-order valence-corrected chi connectivity index (χ1v) is 10.3. The van der Waals surface area contributed by atoms with Crippen molar-refractivity contribution in [3.05, 3.63) is 35.1 Å². The van der Waals surface area contributed by atoms with Crippen molar-refractivity contribution in [2.24, 2.45) is 11.3 Å². The van der Waals surface area contributed by atoms with Gasteiger partial charge >= 0.3 is 12.2 Å². The summed E-state index contributed by atoms with van der Waals surface area (Å²) in [6, 6.07) is 2.67. The van der Waals surface area contributed by atoms with E-state index in [-0.39, 0.29) is 29.9 Å². The molecule has 1 aliphatic carbocycles. The smallest absolute Gasteiger partial charge is 0.369 e. The SMILES string of the molecule is O=C1COCC2(CN(C(=O)N3CC4(CC(Cc5ccc(C(F)(F)F)cc5F)C4)C3)C2)N1. The number of halogens is 4. The zero-order valence-electron chi connectivity index (χ0n) is 16.8. The molecule has 5 rings (SSSR count). The summed E-state index contributed by atoms with van der Waals surface area (Å²) in [6.45, 7) is 2.64. The maximum Gasteiger partial charge on any atom is 0.416 e. The predicted molar refractivity (Wildman–Crippen MR) is 100 cm³/mol. The molecule has 1 aromatic rings. The zero-order valence-corrected chi connectivity index (χ0v) is 16.8. The molecule has 6 nitrogen and oxygen atoms in total. The number of carbonyl (C=O) groups excluding carboxylic acids is 2. The molecule has 10 heteroatoms. The fourth-order valence-electron chi connectivity index (χ4n) is 5.56. The highest BCUT2D eigenvalue weighted by Gasteiger charge is 2.56. The molecule has 4 aliphatic rings. The Bertz CT molecular complexity index is 915. The van der Waals surface area contributed by atoms with Crippen LogP contribution in [0.15, 0.2) is 18.2 Å². The summed E-state index contributed by atoms with van der Waals surface area (Å²) in [5.74, 6) is -0.761. The van der Waals surface area contributed by atoms with Crippen molar-refractivity contribution in [3.63, 3.8) is 0 Å². The van der Waals surface area contributed by atoms with Crippen LogP contribution in [0.2, 0.25) is 0 Å². The Morgan fingerprint density at radius 3 is 2.45 bits per heavy atom. The third-order valence-corrected chi connectivity index (χ3v) is 6.93. The summed E-state index contributed by atoms with van der Waals surface area (Å²) in [6.07, 6.45) is -2.46. The fraction of sp³-hybridized carbons (Fsp3) is 0.619. The highest BCUT2D eigenvalue weighted by atomic mass is 19.4. The standard InChI is InChI=1S/C21H23F4N3O3/c22-16-4-15(21(23,24)25)2-1-14(16)3-13-5-19(6-13)8-27(9-19)18(30)28-10-20(11-28)12-31-7-17(29)26-20/h1-2,4,13H,3,5-12H2,(H,26,29). The molecular weight excluding hydrogens is 418 g/mol. The number of nitrogens with one attached hydrogen (secondary N) is 1. The molecule has 1 aromatic carbocycles. The van der Waals surface area contributed by atoms with Gasteiger partial charge in [-0.25, -0.2) is 9.18 Å². The molecule has 4 fully saturated rings. The lowest BCUT2D eigenvalue weighted by molar-refractivity contribution is -0.142. The molecule has 0 aromatic heterocycles. The Kier molecular flexibility index (Phi) is 4.52. The van der Waals surface area contributed by atoms with Gasteiger partial charge in [-0.2, -0.15) is 13.2 Å². The van der Waals surface area contributed by atoms with Gasteiger partial charge in [0.05, 0.1) is 17.7 Å². The Labute approximate surface area is 176 Å². The molecular formula is C21H23F4N3O3. The number of nitrogens with zero attached hydrogens (tertiary/aromatic N) is 2. The van der Waals surface area contributed by atoms with Gasteiger partial charge in [-0.15, -0.1) is 0 Å². The van der Waals surface area contributed by atoms with Crippen molar-refractivity contribution in [2.45, 2.75) is 31.0 Å². The number of likely N-dealkylation sites (tertiary alicyclic amines) is 2. The fourth-order valence-corrected chi connectivity index (χ4v) is 5.56. The topological polar surface area (TPSA) is 61.9 Å². The van der Waals surface area contributed by atoms with Crippen LogP contribution in [0, 0.1) is 17.2 Å². The van der Waals surface area contributed by atoms with Crippen LogP contribution in [0.3, 0.4) is 0 Å². The first-order valence-electron chi connectivity index (χ1n) is 10.3. The van der Waals surface area contributed by atoms with Crippen LogP contribution in [0.4, 0.5) is 22.4 Å². The lowest BCUT2D eigenvalue weighted by atomic mass is 9.56. The molecule has 0 radical (unpaired) electrons. The second kappa shape index (κ2) is 6.82. The third-order valence-electron chi connectivity index (χ3n) is 6.93. The molecule has 3 heterocycles. The van der Waals surface area contributed by atoms with Crippen molar-refractivity contribution in [3.8, 4) is 0 Å². The number of carbonyl (C=O) groups is 2. The highest BCUT2D eigenvalue weighted by Crippen LogP contribution is 2.53. The number of urea groups is 1. The van der Waals surface area contributed by atoms with Crippen LogP contribution in [0.25, 0.3) is 0 Å². The molecule has 31 heavy (non-hydrogen) atoms. The summed E-state index contributed by atoms with van der Waals surface area (Å²) in [4.78, 5) is 27.6. The first-order chi connectivity index (χ1) is 14.6. The van der Waals surface area contributed by atoms with E-state index in [1.54, 1.807) is 9.80 Å². The Hall–Kier alpha value is -2.36. The summed E-state index contributed by atoms with van der Waals surface area (Å²) in [7, 11) is 0. The highest BCUT2D eigenvalue weighted by molar-refractivity contribution is 5.81. The van der Waals surface area contributed by atoms with Crippen molar-refractivity contribution in [1.82, 2.24) is 15.1 Å². The molecule has 0 atom stereocenters. The average molecular weight is 441 g/mol. The minimum absolute atomic E-state index is 0.0479. The maximum atomic E-state index is 14.1. The normalized spacial score (nSPS) is 24.5. The van der Waals surface area contributed by atoms with Gasteiger partial charge in [0.1, 0.15) is 12.4 Å². The number of morpholine rings is 1. The Morgan fingerprint density at radius 2 is 1.84 bits per heavy atom. The number of rotatable bonds is 2. The van der Waals surface area contributed by atoms with E-state index in [0.29, 0.717) is 50.8 Å². The van der Waals surface area contributed by atoms with Crippen LogP contribution in [-0.4, -0.2) is 66.7 Å². The third kappa shape index (κ3) is 3.64. The second-order valence-electron chi connectivity index (χ2n) is 9.60. The van der Waals surface area contributed by atoms with Crippen LogP contribution in [-0.2, 0) is 22.1 Å². The molecule has 3 amide bonds. The van der Waals surface area contributed by atoms with Gasteiger partial charge in [-0.05, 0) is 42.9 Å². The van der Waals surface area contributed by atoms with Crippen LogP contribution < -0.4 is 5.32 Å². The minimum Gasteiger partial charge on any atom is -0.369 e. The van der Waals surface area contributed by atoms with Gasteiger partial charge in [0.2, 0.25) is 5.91 Å². The average Bonchev–Trinajstić information content (AvgIpc) is 2.60. The number of alkyl halides is 3. The van der Waals surface area contributed by atoms with E-state index in [4.69, 9.17) is 4.74 Å². The predicted octanol–water partition coefficient (Wildman–Crippen LogP) is 2.42. The van der Waals surface area contributed by atoms with E-state index >= 15 is 0 Å². The van der Waals surface area contributed by atoms with E-state index in [9.17, 15) is 27.2 Å². The van der Waals surface area contributed by atoms with Gasteiger partial charge in [0.15, 0.2) is 0 Å². The van der Waals surface area contributed by atoms with E-state index in [1.165, 1.54) is 6.07 Å². The summed E-state index contributed by atoms with van der Waals surface area (Å²) >= 11 is 0. The number of ether oxygens (including phenoxy) is 1. The molecule has 3 aliphatic heterocycles. The summed E-state index contributed by atoms with van der Waals surface area (Å²) in [5, 5.41) is 2.90. The molecule has 2 spiro atoms.